The van der Waals surface area contributed by atoms with Crippen LogP contribution in [0.4, 0.5) is 0 Å². The topological polar surface area (TPSA) is 58.6 Å². The van der Waals surface area contributed by atoms with Crippen LogP contribution in [0.15, 0.2) is 54.6 Å². The molecule has 0 bridgehead atoms. The van der Waals surface area contributed by atoms with Gasteiger partial charge in [-0.05, 0) is 55.5 Å². The highest BCUT2D eigenvalue weighted by atomic mass is 16.5. The van der Waals surface area contributed by atoms with Gasteiger partial charge < -0.3 is 15.0 Å². The Bertz CT molecular complexity index is 812. The highest BCUT2D eigenvalue weighted by Crippen LogP contribution is 2.29. The van der Waals surface area contributed by atoms with Gasteiger partial charge in [-0.25, -0.2) is 0 Å². The Morgan fingerprint density at radius 3 is 2.32 bits per heavy atom. The molecule has 2 aromatic carbocycles. The zero-order valence-electron chi connectivity index (χ0n) is 16.0. The largest absolute Gasteiger partial charge is 0.493 e. The van der Waals surface area contributed by atoms with Crippen LogP contribution in [0.5, 0.6) is 5.75 Å². The number of nitrogens with one attached hydrogen (secondary N) is 1. The summed E-state index contributed by atoms with van der Waals surface area (Å²) >= 11 is 0. The van der Waals surface area contributed by atoms with Crippen LogP contribution < -0.4 is 10.1 Å². The molecule has 0 aliphatic heterocycles. The third-order valence-electron chi connectivity index (χ3n) is 5.12. The van der Waals surface area contributed by atoms with E-state index in [1.54, 1.807) is 0 Å². The third kappa shape index (κ3) is 5.12. The van der Waals surface area contributed by atoms with Gasteiger partial charge in [-0.1, -0.05) is 30.3 Å². The molecule has 0 radical (unpaired) electrons. The van der Waals surface area contributed by atoms with Crippen molar-refractivity contribution in [1.82, 2.24) is 10.2 Å². The first kappa shape index (κ1) is 18.5. The minimum Gasteiger partial charge on any atom is -0.493 e. The molecule has 5 heteroatoms. The quantitative estimate of drug-likeness (QED) is 0.726. The van der Waals surface area contributed by atoms with Crippen LogP contribution in [-0.2, 0) is 11.3 Å². The number of rotatable bonds is 9. The van der Waals surface area contributed by atoms with E-state index in [2.05, 4.69) is 5.32 Å². The van der Waals surface area contributed by atoms with Crippen molar-refractivity contribution in [2.45, 2.75) is 50.7 Å². The van der Waals surface area contributed by atoms with Gasteiger partial charge in [-0.3, -0.25) is 9.59 Å². The Balaban J connectivity index is 1.30. The number of benzene rings is 2. The Labute approximate surface area is 165 Å². The minimum atomic E-state index is -0.0118. The average molecular weight is 378 g/mol. The SMILES string of the molecule is O=C(NC1CC1)c1ccc(CN(C(=O)CCOc2ccccc2)C2CC2)cc1. The zero-order valence-corrected chi connectivity index (χ0v) is 16.0. The fourth-order valence-corrected chi connectivity index (χ4v) is 3.18. The van der Waals surface area contributed by atoms with Gasteiger partial charge in [0.2, 0.25) is 5.91 Å². The van der Waals surface area contributed by atoms with Crippen LogP contribution >= 0.6 is 0 Å². The molecule has 0 unspecified atom stereocenters. The van der Waals surface area contributed by atoms with Crippen molar-refractivity contribution in [2.75, 3.05) is 6.61 Å². The van der Waals surface area contributed by atoms with E-state index in [0.29, 0.717) is 37.2 Å². The van der Waals surface area contributed by atoms with Crippen LogP contribution in [0.1, 0.15) is 48.0 Å². The molecule has 5 nitrogen and oxygen atoms in total. The number of nitrogens with zero attached hydrogens (tertiary/aromatic N) is 1. The number of ether oxygens (including phenoxy) is 1. The molecule has 0 heterocycles. The normalized spacial score (nSPS) is 15.7. The molecule has 2 aromatic rings. The first-order chi connectivity index (χ1) is 13.7. The molecule has 28 heavy (non-hydrogen) atoms. The van der Waals surface area contributed by atoms with E-state index in [1.807, 2.05) is 59.5 Å². The van der Waals surface area contributed by atoms with Crippen molar-refractivity contribution in [2.24, 2.45) is 0 Å². The summed E-state index contributed by atoms with van der Waals surface area (Å²) in [6.07, 6.45) is 4.65. The lowest BCUT2D eigenvalue weighted by molar-refractivity contribution is -0.132. The number of para-hydroxylation sites is 1. The van der Waals surface area contributed by atoms with E-state index in [9.17, 15) is 9.59 Å². The van der Waals surface area contributed by atoms with E-state index in [0.717, 1.165) is 37.0 Å². The maximum Gasteiger partial charge on any atom is 0.251 e. The first-order valence-corrected chi connectivity index (χ1v) is 10.1. The summed E-state index contributed by atoms with van der Waals surface area (Å²) in [6, 6.07) is 17.8. The maximum atomic E-state index is 12.7. The van der Waals surface area contributed by atoms with E-state index in [1.165, 1.54) is 0 Å². The summed E-state index contributed by atoms with van der Waals surface area (Å²) in [5.74, 6) is 0.893. The van der Waals surface area contributed by atoms with Gasteiger partial charge in [-0.2, -0.15) is 0 Å². The molecule has 4 rings (SSSR count). The van der Waals surface area contributed by atoms with Crippen molar-refractivity contribution >= 4 is 11.8 Å². The second-order valence-corrected chi connectivity index (χ2v) is 7.61. The molecule has 1 N–H and O–H groups in total. The number of amides is 2. The van der Waals surface area contributed by atoms with E-state index < -0.39 is 0 Å². The van der Waals surface area contributed by atoms with Crippen LogP contribution in [0.3, 0.4) is 0 Å². The predicted molar refractivity (Wildman–Crippen MR) is 107 cm³/mol. The molecule has 0 atom stereocenters. The molecule has 2 saturated carbocycles. The van der Waals surface area contributed by atoms with Crippen molar-refractivity contribution in [3.8, 4) is 5.75 Å². The highest BCUT2D eigenvalue weighted by Gasteiger charge is 2.32. The van der Waals surface area contributed by atoms with Crippen LogP contribution in [0, 0.1) is 0 Å². The predicted octanol–water partition coefficient (Wildman–Crippen LogP) is 3.54. The number of carbonyl (C=O) groups is 2. The average Bonchev–Trinajstić information content (AvgIpc) is 3.62. The second kappa shape index (κ2) is 8.46. The second-order valence-electron chi connectivity index (χ2n) is 7.61. The lowest BCUT2D eigenvalue weighted by Crippen LogP contribution is -2.33. The fraction of sp³-hybridized carbons (Fsp3) is 0.391. The van der Waals surface area contributed by atoms with Crippen LogP contribution in [-0.4, -0.2) is 35.4 Å². The molecule has 0 aromatic heterocycles. The Morgan fingerprint density at radius 2 is 1.68 bits per heavy atom. The summed E-state index contributed by atoms with van der Waals surface area (Å²) in [5.41, 5.74) is 1.73. The van der Waals surface area contributed by atoms with Crippen LogP contribution in [0.2, 0.25) is 0 Å². The summed E-state index contributed by atoms with van der Waals surface area (Å²) in [4.78, 5) is 26.8. The summed E-state index contributed by atoms with van der Waals surface area (Å²) in [6.45, 7) is 0.964. The standard InChI is InChI=1S/C23H26N2O3/c26-22(14-15-28-21-4-2-1-3-5-21)25(20-12-13-20)16-17-6-8-18(9-7-17)23(27)24-19-10-11-19/h1-9,19-20H,10-16H2,(H,24,27). The Kier molecular flexibility index (Phi) is 5.60. The molecule has 2 aliphatic rings. The van der Waals surface area contributed by atoms with Gasteiger partial charge in [0.15, 0.2) is 0 Å². The molecular formula is C23H26N2O3. The maximum absolute atomic E-state index is 12.7. The fourth-order valence-electron chi connectivity index (χ4n) is 3.18. The van der Waals surface area contributed by atoms with E-state index in [-0.39, 0.29) is 11.8 Å². The Hall–Kier alpha value is -2.82. The van der Waals surface area contributed by atoms with E-state index in [4.69, 9.17) is 4.74 Å². The van der Waals surface area contributed by atoms with Gasteiger partial charge in [0.25, 0.3) is 5.91 Å². The Morgan fingerprint density at radius 1 is 0.964 bits per heavy atom. The van der Waals surface area contributed by atoms with E-state index >= 15 is 0 Å². The van der Waals surface area contributed by atoms with Gasteiger partial charge in [0.05, 0.1) is 13.0 Å². The molecular weight excluding hydrogens is 352 g/mol. The molecule has 2 aliphatic carbocycles. The summed E-state index contributed by atoms with van der Waals surface area (Å²) in [7, 11) is 0. The number of carbonyl (C=O) groups excluding carboxylic acids is 2. The van der Waals surface area contributed by atoms with Gasteiger partial charge >= 0.3 is 0 Å². The smallest absolute Gasteiger partial charge is 0.251 e. The van der Waals surface area contributed by atoms with Crippen LogP contribution in [0.25, 0.3) is 0 Å². The lowest BCUT2D eigenvalue weighted by atomic mass is 10.1. The molecule has 0 spiro atoms. The zero-order chi connectivity index (χ0) is 19.3. The monoisotopic (exact) mass is 378 g/mol. The van der Waals surface area contributed by atoms with Crippen molar-refractivity contribution in [1.29, 1.82) is 0 Å². The molecule has 146 valence electrons. The van der Waals surface area contributed by atoms with Crippen molar-refractivity contribution < 1.29 is 14.3 Å². The molecule has 2 fully saturated rings. The lowest BCUT2D eigenvalue weighted by Gasteiger charge is -2.23. The summed E-state index contributed by atoms with van der Waals surface area (Å²) in [5, 5.41) is 3.00. The van der Waals surface area contributed by atoms with Gasteiger partial charge in [-0.15, -0.1) is 0 Å². The summed E-state index contributed by atoms with van der Waals surface area (Å²) < 4.78 is 5.66. The van der Waals surface area contributed by atoms with Crippen molar-refractivity contribution in [3.05, 3.63) is 65.7 Å². The first-order valence-electron chi connectivity index (χ1n) is 10.1. The third-order valence-corrected chi connectivity index (χ3v) is 5.12. The van der Waals surface area contributed by atoms with Gasteiger partial charge in [0.1, 0.15) is 5.75 Å². The number of hydrogen-bond donors (Lipinski definition) is 1. The minimum absolute atomic E-state index is 0.0118. The molecule has 0 saturated heterocycles. The number of hydrogen-bond acceptors (Lipinski definition) is 3. The highest BCUT2D eigenvalue weighted by molar-refractivity contribution is 5.94. The van der Waals surface area contributed by atoms with Gasteiger partial charge in [0, 0.05) is 24.2 Å². The van der Waals surface area contributed by atoms with Crippen molar-refractivity contribution in [3.63, 3.8) is 0 Å². The molecule has 2 amide bonds.